The summed E-state index contributed by atoms with van der Waals surface area (Å²) in [5.41, 5.74) is 1.61. The summed E-state index contributed by atoms with van der Waals surface area (Å²) in [5, 5.41) is 3.00. The van der Waals surface area contributed by atoms with E-state index in [9.17, 15) is 4.79 Å². The van der Waals surface area contributed by atoms with Crippen molar-refractivity contribution >= 4 is 11.7 Å². The van der Waals surface area contributed by atoms with Crippen molar-refractivity contribution in [1.82, 2.24) is 19.9 Å². The summed E-state index contributed by atoms with van der Waals surface area (Å²) < 4.78 is 0. The molecule has 0 unspecified atom stereocenters. The standard InChI is InChI=1S/C7H8N4O.C6H7N/c1-11-4-10-6-5(7(11)12)2-8-3-9-6;1-6-4-2-3-5-7-6/h2-3H,4H2,1H3,(H,8,9,10);2-5H,1H3. The second-order valence-corrected chi connectivity index (χ2v) is 4.09. The maximum atomic E-state index is 11.4. The number of carbonyl (C=O) groups is 1. The predicted molar refractivity (Wildman–Crippen MR) is 71.6 cm³/mol. The largest absolute Gasteiger partial charge is 0.352 e. The highest BCUT2D eigenvalue weighted by Crippen LogP contribution is 2.15. The Labute approximate surface area is 111 Å². The number of hydrogen-bond donors (Lipinski definition) is 1. The van der Waals surface area contributed by atoms with Gasteiger partial charge in [0.25, 0.3) is 5.91 Å². The fraction of sp³-hybridized carbons (Fsp3) is 0.231. The average Bonchev–Trinajstić information content (AvgIpc) is 2.45. The van der Waals surface area contributed by atoms with Crippen molar-refractivity contribution in [2.45, 2.75) is 6.92 Å². The lowest BCUT2D eigenvalue weighted by Gasteiger charge is -2.24. The average molecular weight is 257 g/mol. The van der Waals surface area contributed by atoms with Crippen molar-refractivity contribution in [3.63, 3.8) is 0 Å². The van der Waals surface area contributed by atoms with Gasteiger partial charge in [-0.2, -0.15) is 0 Å². The van der Waals surface area contributed by atoms with E-state index in [0.717, 1.165) is 5.69 Å². The Bertz CT molecular complexity index is 558. The van der Waals surface area contributed by atoms with Crippen LogP contribution in [0, 0.1) is 6.92 Å². The third kappa shape index (κ3) is 3.25. The molecule has 1 N–H and O–H groups in total. The Morgan fingerprint density at radius 2 is 2.16 bits per heavy atom. The number of fused-ring (bicyclic) bond motifs is 1. The Morgan fingerprint density at radius 1 is 1.32 bits per heavy atom. The van der Waals surface area contributed by atoms with Crippen molar-refractivity contribution in [3.8, 4) is 0 Å². The third-order valence-electron chi connectivity index (χ3n) is 2.59. The number of aryl methyl sites for hydroxylation is 1. The van der Waals surface area contributed by atoms with E-state index in [1.165, 1.54) is 12.5 Å². The second kappa shape index (κ2) is 5.90. The van der Waals surface area contributed by atoms with Crippen molar-refractivity contribution in [1.29, 1.82) is 0 Å². The first-order chi connectivity index (χ1) is 9.18. The molecule has 98 valence electrons. The molecule has 1 aliphatic heterocycles. The monoisotopic (exact) mass is 257 g/mol. The van der Waals surface area contributed by atoms with Gasteiger partial charge in [0.2, 0.25) is 0 Å². The number of carbonyl (C=O) groups excluding carboxylic acids is 1. The van der Waals surface area contributed by atoms with Crippen molar-refractivity contribution in [2.24, 2.45) is 0 Å². The van der Waals surface area contributed by atoms with Gasteiger partial charge in [-0.25, -0.2) is 9.97 Å². The minimum absolute atomic E-state index is 0.0376. The molecule has 0 fully saturated rings. The predicted octanol–water partition coefficient (Wildman–Crippen LogP) is 1.32. The molecule has 6 heteroatoms. The summed E-state index contributed by atoms with van der Waals surface area (Å²) >= 11 is 0. The van der Waals surface area contributed by atoms with E-state index in [0.29, 0.717) is 18.1 Å². The molecular formula is C13H15N5O. The lowest BCUT2D eigenvalue weighted by atomic mass is 10.2. The van der Waals surface area contributed by atoms with Gasteiger partial charge in [-0.15, -0.1) is 0 Å². The molecule has 6 nitrogen and oxygen atoms in total. The minimum atomic E-state index is -0.0376. The molecule has 1 amide bonds. The van der Waals surface area contributed by atoms with E-state index in [1.54, 1.807) is 18.1 Å². The zero-order valence-corrected chi connectivity index (χ0v) is 10.9. The Balaban J connectivity index is 0.000000163. The van der Waals surface area contributed by atoms with Crippen molar-refractivity contribution in [2.75, 3.05) is 19.0 Å². The van der Waals surface area contributed by atoms with Crippen LogP contribution in [0.2, 0.25) is 0 Å². The summed E-state index contributed by atoms with van der Waals surface area (Å²) in [6.07, 6.45) is 4.73. The van der Waals surface area contributed by atoms with Crippen molar-refractivity contribution in [3.05, 3.63) is 48.2 Å². The number of nitrogens with one attached hydrogen (secondary N) is 1. The van der Waals surface area contributed by atoms with E-state index >= 15 is 0 Å². The van der Waals surface area contributed by atoms with Crippen LogP contribution in [0.1, 0.15) is 16.1 Å². The maximum Gasteiger partial charge on any atom is 0.260 e. The number of amides is 1. The lowest BCUT2D eigenvalue weighted by Crippen LogP contribution is -2.37. The summed E-state index contributed by atoms with van der Waals surface area (Å²) in [6, 6.07) is 5.86. The first-order valence-corrected chi connectivity index (χ1v) is 5.85. The summed E-state index contributed by atoms with van der Waals surface area (Å²) in [5.74, 6) is 0.581. The van der Waals surface area contributed by atoms with Gasteiger partial charge in [-0.3, -0.25) is 9.78 Å². The fourth-order valence-corrected chi connectivity index (χ4v) is 1.55. The second-order valence-electron chi connectivity index (χ2n) is 4.09. The van der Waals surface area contributed by atoms with E-state index < -0.39 is 0 Å². The molecule has 0 aromatic carbocycles. The van der Waals surface area contributed by atoms with Crippen LogP contribution >= 0.6 is 0 Å². The lowest BCUT2D eigenvalue weighted by molar-refractivity contribution is 0.0795. The number of rotatable bonds is 0. The molecule has 0 saturated heterocycles. The van der Waals surface area contributed by atoms with E-state index in [1.807, 2.05) is 25.1 Å². The first kappa shape index (κ1) is 12.9. The quantitative estimate of drug-likeness (QED) is 0.770. The number of nitrogens with zero attached hydrogens (tertiary/aromatic N) is 4. The highest BCUT2D eigenvalue weighted by Gasteiger charge is 2.21. The maximum absolute atomic E-state index is 11.4. The van der Waals surface area contributed by atoms with E-state index in [-0.39, 0.29) is 5.91 Å². The van der Waals surface area contributed by atoms with Crippen LogP contribution in [-0.2, 0) is 0 Å². The number of anilines is 1. The topological polar surface area (TPSA) is 71.0 Å². The molecule has 0 saturated carbocycles. The normalized spacial score (nSPS) is 12.9. The van der Waals surface area contributed by atoms with Crippen LogP contribution in [0.15, 0.2) is 36.9 Å². The van der Waals surface area contributed by atoms with Crippen LogP contribution in [0.25, 0.3) is 0 Å². The van der Waals surface area contributed by atoms with Crippen LogP contribution in [0.4, 0.5) is 5.82 Å². The third-order valence-corrected chi connectivity index (χ3v) is 2.59. The van der Waals surface area contributed by atoms with Gasteiger partial charge in [0.1, 0.15) is 17.7 Å². The van der Waals surface area contributed by atoms with Gasteiger partial charge in [-0.1, -0.05) is 6.07 Å². The van der Waals surface area contributed by atoms with Gasteiger partial charge in [0.05, 0.1) is 6.67 Å². The van der Waals surface area contributed by atoms with Gasteiger partial charge in [-0.05, 0) is 19.1 Å². The molecule has 1 aliphatic rings. The molecule has 3 heterocycles. The molecule has 3 rings (SSSR count). The molecule has 19 heavy (non-hydrogen) atoms. The summed E-state index contributed by atoms with van der Waals surface area (Å²) in [6.45, 7) is 2.48. The van der Waals surface area contributed by atoms with Gasteiger partial charge < -0.3 is 10.2 Å². The molecule has 2 aromatic rings. The Hall–Kier alpha value is -2.50. The number of pyridine rings is 1. The van der Waals surface area contributed by atoms with Crippen LogP contribution in [-0.4, -0.2) is 39.5 Å². The van der Waals surface area contributed by atoms with Crippen LogP contribution < -0.4 is 5.32 Å². The Morgan fingerprint density at radius 3 is 2.79 bits per heavy atom. The van der Waals surface area contributed by atoms with Crippen LogP contribution in [0.5, 0.6) is 0 Å². The van der Waals surface area contributed by atoms with E-state index in [4.69, 9.17) is 0 Å². The van der Waals surface area contributed by atoms with Gasteiger partial charge >= 0.3 is 0 Å². The highest BCUT2D eigenvalue weighted by molar-refractivity contribution is 5.99. The smallest absolute Gasteiger partial charge is 0.260 e. The molecular weight excluding hydrogens is 242 g/mol. The summed E-state index contributed by atoms with van der Waals surface area (Å²) in [4.78, 5) is 24.7. The van der Waals surface area contributed by atoms with Crippen molar-refractivity contribution < 1.29 is 4.79 Å². The zero-order chi connectivity index (χ0) is 13.7. The van der Waals surface area contributed by atoms with Gasteiger partial charge in [0, 0.05) is 25.1 Å². The molecule has 0 spiro atoms. The molecule has 0 atom stereocenters. The number of aromatic nitrogens is 3. The minimum Gasteiger partial charge on any atom is -0.352 e. The van der Waals surface area contributed by atoms with Crippen LogP contribution in [0.3, 0.4) is 0 Å². The SMILES string of the molecule is CN1CNc2ncncc2C1=O.Cc1ccccn1. The molecule has 0 radical (unpaired) electrons. The van der Waals surface area contributed by atoms with Gasteiger partial charge in [0.15, 0.2) is 0 Å². The Kier molecular flexibility index (Phi) is 4.02. The number of hydrogen-bond acceptors (Lipinski definition) is 5. The van der Waals surface area contributed by atoms with E-state index in [2.05, 4.69) is 20.3 Å². The molecule has 0 aliphatic carbocycles. The molecule has 0 bridgehead atoms. The zero-order valence-electron chi connectivity index (χ0n) is 10.9. The first-order valence-electron chi connectivity index (χ1n) is 5.85. The highest BCUT2D eigenvalue weighted by atomic mass is 16.2. The molecule has 2 aromatic heterocycles. The summed E-state index contributed by atoms with van der Waals surface area (Å²) in [7, 11) is 1.73. The fourth-order valence-electron chi connectivity index (χ4n) is 1.55.